The van der Waals surface area contributed by atoms with Crippen molar-refractivity contribution < 1.29 is 9.21 Å². The summed E-state index contributed by atoms with van der Waals surface area (Å²) < 4.78 is 5.42. The summed E-state index contributed by atoms with van der Waals surface area (Å²) >= 11 is 0. The number of benzene rings is 1. The van der Waals surface area contributed by atoms with Crippen molar-refractivity contribution in [2.45, 2.75) is 38.3 Å². The molecule has 1 heterocycles. The predicted octanol–water partition coefficient (Wildman–Crippen LogP) is 3.86. The van der Waals surface area contributed by atoms with Gasteiger partial charge in [0.1, 0.15) is 5.76 Å². The number of amides is 1. The van der Waals surface area contributed by atoms with Gasteiger partial charge in [0.05, 0.1) is 12.8 Å². The fourth-order valence-corrected chi connectivity index (χ4v) is 2.90. The van der Waals surface area contributed by atoms with Gasteiger partial charge in [-0.1, -0.05) is 31.0 Å². The van der Waals surface area contributed by atoms with Gasteiger partial charge in [-0.2, -0.15) is 0 Å². The Morgan fingerprint density at radius 2 is 1.85 bits per heavy atom. The Bertz CT molecular complexity index is 542. The molecule has 0 unspecified atom stereocenters. The molecule has 1 aliphatic carbocycles. The second-order valence-electron chi connectivity index (χ2n) is 5.32. The minimum Gasteiger partial charge on any atom is -0.467 e. The second-order valence-corrected chi connectivity index (χ2v) is 5.32. The van der Waals surface area contributed by atoms with E-state index in [9.17, 15) is 4.79 Å². The van der Waals surface area contributed by atoms with Crippen molar-refractivity contribution in [2.75, 3.05) is 0 Å². The minimum absolute atomic E-state index is 0.105. The van der Waals surface area contributed by atoms with Crippen LogP contribution in [0.15, 0.2) is 53.1 Å². The first-order valence-electron chi connectivity index (χ1n) is 7.23. The zero-order chi connectivity index (χ0) is 13.8. The third-order valence-corrected chi connectivity index (χ3v) is 3.95. The molecule has 1 aromatic carbocycles. The Kier molecular flexibility index (Phi) is 3.86. The molecule has 1 aromatic heterocycles. The van der Waals surface area contributed by atoms with Crippen LogP contribution >= 0.6 is 0 Å². The maximum Gasteiger partial charge on any atom is 0.254 e. The van der Waals surface area contributed by atoms with Gasteiger partial charge in [0, 0.05) is 11.6 Å². The number of carbonyl (C=O) groups is 1. The topological polar surface area (TPSA) is 33.5 Å². The standard InChI is InChI=1S/C17H19NO2/c19-17(14-7-2-1-3-8-14)18(15-9-4-5-10-15)13-16-11-6-12-20-16/h1-3,6-8,11-12,15H,4-5,9-10,13H2. The Balaban J connectivity index is 1.82. The highest BCUT2D eigenvalue weighted by atomic mass is 16.3. The van der Waals surface area contributed by atoms with E-state index >= 15 is 0 Å². The fraction of sp³-hybridized carbons (Fsp3) is 0.353. The monoisotopic (exact) mass is 269 g/mol. The smallest absolute Gasteiger partial charge is 0.254 e. The zero-order valence-electron chi connectivity index (χ0n) is 11.5. The van der Waals surface area contributed by atoms with Crippen molar-refractivity contribution in [3.63, 3.8) is 0 Å². The van der Waals surface area contributed by atoms with E-state index in [4.69, 9.17) is 4.42 Å². The molecular formula is C17H19NO2. The molecule has 1 fully saturated rings. The van der Waals surface area contributed by atoms with Gasteiger partial charge in [0.15, 0.2) is 0 Å². The molecule has 20 heavy (non-hydrogen) atoms. The van der Waals surface area contributed by atoms with Crippen LogP contribution < -0.4 is 0 Å². The summed E-state index contributed by atoms with van der Waals surface area (Å²) in [6.45, 7) is 0.561. The summed E-state index contributed by atoms with van der Waals surface area (Å²) in [5.74, 6) is 0.954. The highest BCUT2D eigenvalue weighted by molar-refractivity contribution is 5.94. The van der Waals surface area contributed by atoms with Gasteiger partial charge < -0.3 is 9.32 Å². The van der Waals surface area contributed by atoms with Gasteiger partial charge in [-0.15, -0.1) is 0 Å². The third kappa shape index (κ3) is 2.77. The van der Waals surface area contributed by atoms with Crippen LogP contribution in [0.5, 0.6) is 0 Å². The molecule has 1 amide bonds. The van der Waals surface area contributed by atoms with Crippen molar-refractivity contribution in [1.82, 2.24) is 4.90 Å². The third-order valence-electron chi connectivity index (χ3n) is 3.95. The van der Waals surface area contributed by atoms with E-state index in [2.05, 4.69) is 0 Å². The molecule has 0 spiro atoms. The molecule has 1 aliphatic rings. The van der Waals surface area contributed by atoms with Crippen LogP contribution in [-0.2, 0) is 6.54 Å². The molecule has 3 heteroatoms. The van der Waals surface area contributed by atoms with Crippen molar-refractivity contribution in [3.05, 3.63) is 60.1 Å². The van der Waals surface area contributed by atoms with E-state index in [1.807, 2.05) is 47.4 Å². The summed E-state index contributed by atoms with van der Waals surface area (Å²) in [7, 11) is 0. The summed E-state index contributed by atoms with van der Waals surface area (Å²) in [4.78, 5) is 14.7. The average Bonchev–Trinajstić information content (AvgIpc) is 3.18. The quantitative estimate of drug-likeness (QED) is 0.844. The summed E-state index contributed by atoms with van der Waals surface area (Å²) in [6, 6.07) is 13.7. The zero-order valence-corrected chi connectivity index (χ0v) is 11.5. The maximum absolute atomic E-state index is 12.7. The maximum atomic E-state index is 12.7. The Hall–Kier alpha value is -2.03. The minimum atomic E-state index is 0.105. The molecule has 0 aliphatic heterocycles. The van der Waals surface area contributed by atoms with Crippen LogP contribution in [0.1, 0.15) is 41.8 Å². The van der Waals surface area contributed by atoms with Gasteiger partial charge in [-0.25, -0.2) is 0 Å². The lowest BCUT2D eigenvalue weighted by Crippen LogP contribution is -2.38. The van der Waals surface area contributed by atoms with Gasteiger partial charge in [-0.3, -0.25) is 4.79 Å². The van der Waals surface area contributed by atoms with E-state index in [0.717, 1.165) is 24.2 Å². The summed E-state index contributed by atoms with van der Waals surface area (Å²) in [6.07, 6.45) is 6.27. The predicted molar refractivity (Wildman–Crippen MR) is 77.3 cm³/mol. The Labute approximate surface area is 119 Å². The molecule has 104 valence electrons. The number of nitrogens with zero attached hydrogens (tertiary/aromatic N) is 1. The van der Waals surface area contributed by atoms with Crippen molar-refractivity contribution in [3.8, 4) is 0 Å². The average molecular weight is 269 g/mol. The van der Waals surface area contributed by atoms with Crippen molar-refractivity contribution >= 4 is 5.91 Å². The number of hydrogen-bond acceptors (Lipinski definition) is 2. The van der Waals surface area contributed by atoms with Crippen molar-refractivity contribution in [1.29, 1.82) is 0 Å². The molecule has 0 saturated heterocycles. The lowest BCUT2D eigenvalue weighted by molar-refractivity contribution is 0.0649. The van der Waals surface area contributed by atoms with Crippen LogP contribution in [-0.4, -0.2) is 16.8 Å². The highest BCUT2D eigenvalue weighted by Crippen LogP contribution is 2.26. The molecule has 0 radical (unpaired) electrons. The molecule has 2 aromatic rings. The fourth-order valence-electron chi connectivity index (χ4n) is 2.90. The van der Waals surface area contributed by atoms with E-state index in [1.54, 1.807) is 6.26 Å². The van der Waals surface area contributed by atoms with Crippen LogP contribution in [0.3, 0.4) is 0 Å². The van der Waals surface area contributed by atoms with Gasteiger partial charge in [-0.05, 0) is 37.1 Å². The molecular weight excluding hydrogens is 250 g/mol. The first-order valence-corrected chi connectivity index (χ1v) is 7.23. The number of rotatable bonds is 4. The van der Waals surface area contributed by atoms with E-state index in [-0.39, 0.29) is 5.91 Å². The molecule has 3 nitrogen and oxygen atoms in total. The highest BCUT2D eigenvalue weighted by Gasteiger charge is 2.28. The molecule has 0 N–H and O–H groups in total. The molecule has 0 bridgehead atoms. The molecule has 3 rings (SSSR count). The Morgan fingerprint density at radius 3 is 2.50 bits per heavy atom. The van der Waals surface area contributed by atoms with Crippen LogP contribution in [0, 0.1) is 0 Å². The van der Waals surface area contributed by atoms with Gasteiger partial charge in [0.2, 0.25) is 0 Å². The second kappa shape index (κ2) is 5.95. The van der Waals surface area contributed by atoms with E-state index in [0.29, 0.717) is 12.6 Å². The largest absolute Gasteiger partial charge is 0.467 e. The van der Waals surface area contributed by atoms with E-state index in [1.165, 1.54) is 12.8 Å². The van der Waals surface area contributed by atoms with Crippen LogP contribution in [0.2, 0.25) is 0 Å². The lowest BCUT2D eigenvalue weighted by atomic mass is 10.1. The van der Waals surface area contributed by atoms with E-state index < -0.39 is 0 Å². The van der Waals surface area contributed by atoms with Crippen LogP contribution in [0.25, 0.3) is 0 Å². The molecule has 1 saturated carbocycles. The number of furan rings is 1. The molecule has 0 atom stereocenters. The van der Waals surface area contributed by atoms with Crippen LogP contribution in [0.4, 0.5) is 0 Å². The van der Waals surface area contributed by atoms with Gasteiger partial charge in [0.25, 0.3) is 5.91 Å². The van der Waals surface area contributed by atoms with Gasteiger partial charge >= 0.3 is 0 Å². The number of hydrogen-bond donors (Lipinski definition) is 0. The first-order chi connectivity index (χ1) is 9.84. The van der Waals surface area contributed by atoms with Crippen molar-refractivity contribution in [2.24, 2.45) is 0 Å². The Morgan fingerprint density at radius 1 is 1.10 bits per heavy atom. The first kappa shape index (κ1) is 13.0. The normalized spacial score (nSPS) is 15.4. The SMILES string of the molecule is O=C(c1ccccc1)N(Cc1ccco1)C1CCCC1. The number of carbonyl (C=O) groups excluding carboxylic acids is 1. The summed E-state index contributed by atoms with van der Waals surface area (Å²) in [5, 5.41) is 0. The summed E-state index contributed by atoms with van der Waals surface area (Å²) in [5.41, 5.74) is 0.756. The lowest BCUT2D eigenvalue weighted by Gasteiger charge is -2.28.